The minimum Gasteiger partial charge on any atom is -0.486 e. The van der Waals surface area contributed by atoms with Crippen LogP contribution in [0.3, 0.4) is 0 Å². The zero-order valence-corrected chi connectivity index (χ0v) is 7.19. The van der Waals surface area contributed by atoms with E-state index in [0.717, 1.165) is 17.1 Å². The summed E-state index contributed by atoms with van der Waals surface area (Å²) in [7, 11) is 0. The molecule has 0 fully saturated rings. The molecule has 1 aliphatic heterocycles. The average molecular weight is 177 g/mol. The lowest BCUT2D eigenvalue weighted by molar-refractivity contribution is 0.171. The highest BCUT2D eigenvalue weighted by Crippen LogP contribution is 2.30. The Balaban J connectivity index is 2.35. The minimum atomic E-state index is 0.614. The smallest absolute Gasteiger partial charge is 0.161 e. The van der Waals surface area contributed by atoms with Crippen molar-refractivity contribution in [3.05, 3.63) is 30.0 Å². The number of benzene rings is 1. The van der Waals surface area contributed by atoms with Gasteiger partial charge in [0.05, 0.1) is 0 Å². The zero-order valence-electron chi connectivity index (χ0n) is 7.19. The lowest BCUT2D eigenvalue weighted by Crippen LogP contribution is -2.15. The predicted molar refractivity (Wildman–Crippen MR) is 50.7 cm³/mol. The molecule has 13 heavy (non-hydrogen) atoms. The molecular formula is C10H11NO2. The molecule has 0 aromatic heterocycles. The molecule has 0 spiro atoms. The first-order chi connectivity index (χ1) is 6.40. The maximum atomic E-state index is 5.41. The number of ether oxygens (including phenoxy) is 2. The fourth-order valence-corrected chi connectivity index (χ4v) is 1.27. The molecule has 0 saturated heterocycles. The fourth-order valence-electron chi connectivity index (χ4n) is 1.27. The van der Waals surface area contributed by atoms with Crippen LogP contribution in [0.1, 0.15) is 5.56 Å². The van der Waals surface area contributed by atoms with Crippen LogP contribution in [0.15, 0.2) is 24.4 Å². The lowest BCUT2D eigenvalue weighted by Gasteiger charge is -2.18. The molecule has 2 rings (SSSR count). The summed E-state index contributed by atoms with van der Waals surface area (Å²) in [6, 6.07) is 5.75. The van der Waals surface area contributed by atoms with Gasteiger partial charge in [-0.1, -0.05) is 6.07 Å². The van der Waals surface area contributed by atoms with Crippen LogP contribution in [-0.2, 0) is 0 Å². The van der Waals surface area contributed by atoms with Crippen molar-refractivity contribution in [1.82, 2.24) is 0 Å². The first-order valence-electron chi connectivity index (χ1n) is 4.18. The second-order valence-electron chi connectivity index (χ2n) is 2.76. The van der Waals surface area contributed by atoms with E-state index in [-0.39, 0.29) is 0 Å². The summed E-state index contributed by atoms with van der Waals surface area (Å²) >= 11 is 0. The third-order valence-corrected chi connectivity index (χ3v) is 1.85. The number of rotatable bonds is 1. The van der Waals surface area contributed by atoms with Crippen LogP contribution in [0.4, 0.5) is 0 Å². The van der Waals surface area contributed by atoms with Gasteiger partial charge in [0.25, 0.3) is 0 Å². The molecule has 1 aliphatic rings. The maximum Gasteiger partial charge on any atom is 0.161 e. The first kappa shape index (κ1) is 7.98. The third-order valence-electron chi connectivity index (χ3n) is 1.85. The standard InChI is InChI=1S/C10H11NO2/c11-4-3-8-1-2-9-10(7-8)13-6-5-12-9/h1-4,7H,5-6,11H2. The van der Waals surface area contributed by atoms with E-state index >= 15 is 0 Å². The first-order valence-corrected chi connectivity index (χ1v) is 4.18. The summed E-state index contributed by atoms with van der Waals surface area (Å²) in [4.78, 5) is 0. The highest BCUT2D eigenvalue weighted by atomic mass is 16.6. The summed E-state index contributed by atoms with van der Waals surface area (Å²) in [5.74, 6) is 1.60. The maximum absolute atomic E-state index is 5.41. The SMILES string of the molecule is NC=Cc1ccc2c(c1)OCCO2. The molecule has 1 aromatic rings. The monoisotopic (exact) mass is 177 g/mol. The summed E-state index contributed by atoms with van der Waals surface area (Å²) in [6.45, 7) is 1.24. The van der Waals surface area contributed by atoms with E-state index in [2.05, 4.69) is 0 Å². The number of hydrogen-bond donors (Lipinski definition) is 1. The third kappa shape index (κ3) is 1.59. The van der Waals surface area contributed by atoms with Crippen molar-refractivity contribution in [2.24, 2.45) is 5.73 Å². The van der Waals surface area contributed by atoms with E-state index in [1.54, 1.807) is 0 Å². The van der Waals surface area contributed by atoms with E-state index in [0.29, 0.717) is 13.2 Å². The molecular weight excluding hydrogens is 166 g/mol. The van der Waals surface area contributed by atoms with E-state index in [1.165, 1.54) is 6.20 Å². The Morgan fingerprint density at radius 2 is 1.92 bits per heavy atom. The van der Waals surface area contributed by atoms with Crippen LogP contribution in [-0.4, -0.2) is 13.2 Å². The highest BCUT2D eigenvalue weighted by Gasteiger charge is 2.10. The van der Waals surface area contributed by atoms with Crippen LogP contribution < -0.4 is 15.2 Å². The van der Waals surface area contributed by atoms with E-state index < -0.39 is 0 Å². The summed E-state index contributed by atoms with van der Waals surface area (Å²) in [5, 5.41) is 0. The molecule has 0 aliphatic carbocycles. The van der Waals surface area contributed by atoms with Gasteiger partial charge in [0.1, 0.15) is 13.2 Å². The quantitative estimate of drug-likeness (QED) is 0.705. The Hall–Kier alpha value is -1.64. The van der Waals surface area contributed by atoms with Gasteiger partial charge in [0, 0.05) is 0 Å². The second-order valence-corrected chi connectivity index (χ2v) is 2.76. The molecule has 68 valence electrons. The molecule has 0 bridgehead atoms. The molecule has 0 unspecified atom stereocenters. The molecule has 3 nitrogen and oxygen atoms in total. The van der Waals surface area contributed by atoms with Gasteiger partial charge < -0.3 is 15.2 Å². The van der Waals surface area contributed by atoms with Crippen molar-refractivity contribution in [2.45, 2.75) is 0 Å². The summed E-state index contributed by atoms with van der Waals surface area (Å²) in [6.07, 6.45) is 3.32. The topological polar surface area (TPSA) is 44.5 Å². The molecule has 1 heterocycles. The van der Waals surface area contributed by atoms with Gasteiger partial charge in [0.2, 0.25) is 0 Å². The summed E-state index contributed by atoms with van der Waals surface area (Å²) < 4.78 is 10.8. The van der Waals surface area contributed by atoms with Crippen molar-refractivity contribution in [3.63, 3.8) is 0 Å². The fraction of sp³-hybridized carbons (Fsp3) is 0.200. The summed E-state index contributed by atoms with van der Waals surface area (Å²) in [5.41, 5.74) is 6.30. The Morgan fingerprint density at radius 1 is 1.15 bits per heavy atom. The van der Waals surface area contributed by atoms with Crippen LogP contribution in [0, 0.1) is 0 Å². The van der Waals surface area contributed by atoms with Gasteiger partial charge in [-0.3, -0.25) is 0 Å². The van der Waals surface area contributed by atoms with Gasteiger partial charge in [-0.05, 0) is 30.0 Å². The zero-order chi connectivity index (χ0) is 9.10. The Labute approximate surface area is 76.8 Å². The number of fused-ring (bicyclic) bond motifs is 1. The van der Waals surface area contributed by atoms with E-state index in [1.807, 2.05) is 24.3 Å². The van der Waals surface area contributed by atoms with Gasteiger partial charge in [-0.2, -0.15) is 0 Å². The lowest BCUT2D eigenvalue weighted by atomic mass is 10.2. The van der Waals surface area contributed by atoms with E-state index in [9.17, 15) is 0 Å². The second kappa shape index (κ2) is 3.39. The Morgan fingerprint density at radius 3 is 2.69 bits per heavy atom. The molecule has 1 aromatic carbocycles. The van der Waals surface area contributed by atoms with Crippen molar-refractivity contribution in [1.29, 1.82) is 0 Å². The van der Waals surface area contributed by atoms with Gasteiger partial charge >= 0.3 is 0 Å². The molecule has 0 amide bonds. The molecule has 0 saturated carbocycles. The van der Waals surface area contributed by atoms with Gasteiger partial charge in [-0.15, -0.1) is 0 Å². The van der Waals surface area contributed by atoms with Crippen LogP contribution in [0.5, 0.6) is 11.5 Å². The number of nitrogens with two attached hydrogens (primary N) is 1. The van der Waals surface area contributed by atoms with Crippen molar-refractivity contribution >= 4 is 6.08 Å². The predicted octanol–water partition coefficient (Wildman–Crippen LogP) is 1.39. The largest absolute Gasteiger partial charge is 0.486 e. The molecule has 0 radical (unpaired) electrons. The van der Waals surface area contributed by atoms with E-state index in [4.69, 9.17) is 15.2 Å². The van der Waals surface area contributed by atoms with Crippen LogP contribution in [0.2, 0.25) is 0 Å². The Kier molecular flexibility index (Phi) is 2.08. The Bertz CT molecular complexity index is 334. The average Bonchev–Trinajstić information content (AvgIpc) is 2.18. The molecule has 2 N–H and O–H groups in total. The van der Waals surface area contributed by atoms with Crippen LogP contribution >= 0.6 is 0 Å². The van der Waals surface area contributed by atoms with Crippen molar-refractivity contribution < 1.29 is 9.47 Å². The van der Waals surface area contributed by atoms with Crippen molar-refractivity contribution in [3.8, 4) is 11.5 Å². The van der Waals surface area contributed by atoms with Crippen molar-refractivity contribution in [2.75, 3.05) is 13.2 Å². The normalized spacial score (nSPS) is 14.8. The minimum absolute atomic E-state index is 0.614. The number of hydrogen-bond acceptors (Lipinski definition) is 3. The van der Waals surface area contributed by atoms with Gasteiger partial charge in [0.15, 0.2) is 11.5 Å². The van der Waals surface area contributed by atoms with Gasteiger partial charge in [-0.25, -0.2) is 0 Å². The molecule has 0 atom stereocenters. The van der Waals surface area contributed by atoms with Crippen LogP contribution in [0.25, 0.3) is 6.08 Å². The highest BCUT2D eigenvalue weighted by molar-refractivity contribution is 5.55. The molecule has 3 heteroatoms.